The zero-order valence-corrected chi connectivity index (χ0v) is 12.5. The summed E-state index contributed by atoms with van der Waals surface area (Å²) in [6.45, 7) is 7.87. The largest absolute Gasteiger partial charge is 0.324 e. The number of rotatable bonds is 4. The molecule has 4 heteroatoms. The van der Waals surface area contributed by atoms with Crippen LogP contribution in [0.4, 0.5) is 4.39 Å². The van der Waals surface area contributed by atoms with Gasteiger partial charge in [0.1, 0.15) is 5.82 Å². The van der Waals surface area contributed by atoms with Crippen LogP contribution < -0.4 is 5.73 Å². The second kappa shape index (κ2) is 6.25. The predicted octanol–water partition coefficient (Wildman–Crippen LogP) is 3.04. The smallest absolute Gasteiger partial charge is 0.123 e. The van der Waals surface area contributed by atoms with E-state index in [1.54, 1.807) is 12.1 Å². The van der Waals surface area contributed by atoms with Crippen LogP contribution in [-0.4, -0.2) is 35.0 Å². The van der Waals surface area contributed by atoms with Crippen molar-refractivity contribution in [2.75, 3.05) is 25.4 Å². The van der Waals surface area contributed by atoms with E-state index in [-0.39, 0.29) is 11.9 Å². The van der Waals surface area contributed by atoms with E-state index in [4.69, 9.17) is 5.73 Å². The molecule has 19 heavy (non-hydrogen) atoms. The Bertz CT molecular complexity index is 405. The maximum atomic E-state index is 12.9. The van der Waals surface area contributed by atoms with Gasteiger partial charge < -0.3 is 10.6 Å². The summed E-state index contributed by atoms with van der Waals surface area (Å²) in [5.74, 6) is 0.990. The Morgan fingerprint density at radius 2 is 2.05 bits per heavy atom. The molecule has 0 spiro atoms. The summed E-state index contributed by atoms with van der Waals surface area (Å²) < 4.78 is 13.2. The van der Waals surface area contributed by atoms with E-state index in [9.17, 15) is 4.39 Å². The van der Waals surface area contributed by atoms with E-state index in [0.717, 1.165) is 31.6 Å². The molecule has 0 saturated carbocycles. The lowest BCUT2D eigenvalue weighted by Crippen LogP contribution is -2.43. The summed E-state index contributed by atoms with van der Waals surface area (Å²) >= 11 is 2.04. The molecule has 1 aliphatic heterocycles. The maximum Gasteiger partial charge on any atom is 0.123 e. The number of hydrogen-bond donors (Lipinski definition) is 1. The Kier molecular flexibility index (Phi) is 4.87. The van der Waals surface area contributed by atoms with Gasteiger partial charge in [0.05, 0.1) is 0 Å². The number of nitrogens with two attached hydrogens (primary N) is 1. The van der Waals surface area contributed by atoms with Crippen LogP contribution in [0.15, 0.2) is 24.3 Å². The van der Waals surface area contributed by atoms with Crippen LogP contribution in [0, 0.1) is 5.82 Å². The standard InChI is InChI=1S/C15H23FN2S/c1-15(2)11-18(9-10-19-15)8-7-14(17)12-3-5-13(16)6-4-12/h3-6,14H,7-11,17H2,1-2H3. The molecule has 106 valence electrons. The summed E-state index contributed by atoms with van der Waals surface area (Å²) in [7, 11) is 0. The molecule has 1 saturated heterocycles. The fourth-order valence-electron chi connectivity index (χ4n) is 2.50. The molecule has 1 fully saturated rings. The van der Waals surface area contributed by atoms with Crippen LogP contribution in [0.5, 0.6) is 0 Å². The van der Waals surface area contributed by atoms with Crippen LogP contribution >= 0.6 is 11.8 Å². The Morgan fingerprint density at radius 1 is 1.37 bits per heavy atom. The minimum Gasteiger partial charge on any atom is -0.324 e. The van der Waals surface area contributed by atoms with E-state index in [1.165, 1.54) is 17.9 Å². The molecular weight excluding hydrogens is 259 g/mol. The topological polar surface area (TPSA) is 29.3 Å². The zero-order valence-electron chi connectivity index (χ0n) is 11.7. The number of benzene rings is 1. The molecule has 1 heterocycles. The van der Waals surface area contributed by atoms with Crippen molar-refractivity contribution < 1.29 is 4.39 Å². The maximum absolute atomic E-state index is 12.9. The highest BCUT2D eigenvalue weighted by Crippen LogP contribution is 2.29. The van der Waals surface area contributed by atoms with Crippen molar-refractivity contribution in [3.05, 3.63) is 35.6 Å². The molecule has 1 aliphatic rings. The van der Waals surface area contributed by atoms with Crippen LogP contribution in [-0.2, 0) is 0 Å². The van der Waals surface area contributed by atoms with E-state index < -0.39 is 0 Å². The van der Waals surface area contributed by atoms with Gasteiger partial charge in [-0.05, 0) is 38.0 Å². The Labute approximate surface area is 119 Å². The van der Waals surface area contributed by atoms with Crippen molar-refractivity contribution in [1.82, 2.24) is 4.90 Å². The third kappa shape index (κ3) is 4.48. The first-order valence-electron chi connectivity index (χ1n) is 6.84. The Hall–Kier alpha value is -0.580. The van der Waals surface area contributed by atoms with Gasteiger partial charge in [-0.15, -0.1) is 0 Å². The Balaban J connectivity index is 1.83. The molecule has 2 rings (SSSR count). The molecule has 0 bridgehead atoms. The number of halogens is 1. The first kappa shape index (κ1) is 14.8. The van der Waals surface area contributed by atoms with Crippen LogP contribution in [0.25, 0.3) is 0 Å². The van der Waals surface area contributed by atoms with Gasteiger partial charge in [-0.2, -0.15) is 11.8 Å². The molecule has 1 unspecified atom stereocenters. The van der Waals surface area contributed by atoms with Gasteiger partial charge in [0.25, 0.3) is 0 Å². The lowest BCUT2D eigenvalue weighted by atomic mass is 10.0. The van der Waals surface area contributed by atoms with Gasteiger partial charge in [-0.25, -0.2) is 4.39 Å². The van der Waals surface area contributed by atoms with Crippen molar-refractivity contribution >= 4 is 11.8 Å². The summed E-state index contributed by atoms with van der Waals surface area (Å²) in [4.78, 5) is 2.49. The van der Waals surface area contributed by atoms with Crippen LogP contribution in [0.3, 0.4) is 0 Å². The minimum absolute atomic E-state index is 0.00158. The quantitative estimate of drug-likeness (QED) is 0.920. The molecule has 0 amide bonds. The van der Waals surface area contributed by atoms with Crippen LogP contribution in [0.2, 0.25) is 0 Å². The SMILES string of the molecule is CC1(C)CN(CCC(N)c2ccc(F)cc2)CCS1. The highest BCUT2D eigenvalue weighted by Gasteiger charge is 2.26. The predicted molar refractivity (Wildman–Crippen MR) is 80.9 cm³/mol. The van der Waals surface area contributed by atoms with E-state index in [0.29, 0.717) is 4.75 Å². The fourth-order valence-corrected chi connectivity index (χ4v) is 3.68. The lowest BCUT2D eigenvalue weighted by molar-refractivity contribution is 0.251. The highest BCUT2D eigenvalue weighted by atomic mass is 32.2. The molecule has 1 atom stereocenters. The molecule has 0 aliphatic carbocycles. The molecule has 1 aromatic carbocycles. The van der Waals surface area contributed by atoms with Crippen LogP contribution in [0.1, 0.15) is 31.9 Å². The van der Waals surface area contributed by atoms with Crippen molar-refractivity contribution in [1.29, 1.82) is 0 Å². The van der Waals surface area contributed by atoms with Gasteiger partial charge in [0.2, 0.25) is 0 Å². The summed E-state index contributed by atoms with van der Waals surface area (Å²) in [6, 6.07) is 6.54. The molecule has 0 radical (unpaired) electrons. The van der Waals surface area contributed by atoms with Gasteiger partial charge in [0.15, 0.2) is 0 Å². The van der Waals surface area contributed by atoms with Crippen molar-refractivity contribution in [3.8, 4) is 0 Å². The Morgan fingerprint density at radius 3 is 2.68 bits per heavy atom. The average molecular weight is 282 g/mol. The molecule has 0 aromatic heterocycles. The van der Waals surface area contributed by atoms with Crippen molar-refractivity contribution in [2.24, 2.45) is 5.73 Å². The summed E-state index contributed by atoms with van der Waals surface area (Å²) in [6.07, 6.45) is 0.923. The van der Waals surface area contributed by atoms with E-state index in [1.807, 2.05) is 11.8 Å². The zero-order chi connectivity index (χ0) is 13.9. The average Bonchev–Trinajstić information content (AvgIpc) is 2.36. The second-order valence-corrected chi connectivity index (χ2v) is 7.63. The normalized spacial score (nSPS) is 21.3. The molecule has 2 nitrogen and oxygen atoms in total. The molecule has 1 aromatic rings. The minimum atomic E-state index is -0.203. The first-order chi connectivity index (χ1) is 8.96. The first-order valence-corrected chi connectivity index (χ1v) is 7.82. The highest BCUT2D eigenvalue weighted by molar-refractivity contribution is 8.00. The molecular formula is C15H23FN2S. The van der Waals surface area contributed by atoms with Crippen molar-refractivity contribution in [2.45, 2.75) is 31.1 Å². The van der Waals surface area contributed by atoms with E-state index in [2.05, 4.69) is 18.7 Å². The third-order valence-corrected chi connectivity index (χ3v) is 4.86. The van der Waals surface area contributed by atoms with Gasteiger partial charge >= 0.3 is 0 Å². The van der Waals surface area contributed by atoms with Gasteiger partial charge in [-0.1, -0.05) is 12.1 Å². The van der Waals surface area contributed by atoms with E-state index >= 15 is 0 Å². The van der Waals surface area contributed by atoms with Gasteiger partial charge in [0, 0.05) is 36.2 Å². The fraction of sp³-hybridized carbons (Fsp3) is 0.600. The monoisotopic (exact) mass is 282 g/mol. The van der Waals surface area contributed by atoms with Crippen molar-refractivity contribution in [3.63, 3.8) is 0 Å². The number of thioether (sulfide) groups is 1. The molecule has 2 N–H and O–H groups in total. The lowest BCUT2D eigenvalue weighted by Gasteiger charge is -2.37. The third-order valence-electron chi connectivity index (χ3n) is 3.56. The number of hydrogen-bond acceptors (Lipinski definition) is 3. The summed E-state index contributed by atoms with van der Waals surface area (Å²) in [5, 5.41) is 0. The van der Waals surface area contributed by atoms with Gasteiger partial charge in [-0.3, -0.25) is 0 Å². The number of nitrogens with zero attached hydrogens (tertiary/aromatic N) is 1. The summed E-state index contributed by atoms with van der Waals surface area (Å²) in [5.41, 5.74) is 7.20. The second-order valence-electron chi connectivity index (χ2n) is 5.83.